The van der Waals surface area contributed by atoms with E-state index in [0.29, 0.717) is 0 Å². The fourth-order valence-electron chi connectivity index (χ4n) is 0.753. The molecule has 0 aliphatic rings. The lowest BCUT2D eigenvalue weighted by atomic mass is 10.2. The predicted octanol–water partition coefficient (Wildman–Crippen LogP) is 2.41. The topological polar surface area (TPSA) is 64.6 Å². The summed E-state index contributed by atoms with van der Waals surface area (Å²) in [5, 5.41) is 2.48. The summed E-state index contributed by atoms with van der Waals surface area (Å²) in [6, 6.07) is 0. The molecule has 6 heteroatoms. The van der Waals surface area contributed by atoms with E-state index in [1.54, 1.807) is 27.7 Å². The van der Waals surface area contributed by atoms with Crippen molar-refractivity contribution in [3.63, 3.8) is 0 Å². The normalized spacial score (nSPS) is 17.7. The predicted molar refractivity (Wildman–Crippen MR) is 59.4 cm³/mol. The van der Waals surface area contributed by atoms with Crippen molar-refractivity contribution >= 4 is 13.5 Å². The third kappa shape index (κ3) is 5.80. The van der Waals surface area contributed by atoms with Crippen LogP contribution in [0.25, 0.3) is 0 Å². The van der Waals surface area contributed by atoms with Gasteiger partial charge in [-0.1, -0.05) is 0 Å². The van der Waals surface area contributed by atoms with Crippen LogP contribution in [0.3, 0.4) is 0 Å². The fraction of sp³-hybridized carbons (Fsp3) is 0.889. The molecule has 1 N–H and O–H groups in total. The Bertz CT molecular complexity index is 272. The summed E-state index contributed by atoms with van der Waals surface area (Å²) in [5.41, 5.74) is -0.561. The Morgan fingerprint density at radius 1 is 1.40 bits per heavy atom. The molecule has 0 radical (unpaired) electrons. The Labute approximate surface area is 91.0 Å². The highest BCUT2D eigenvalue weighted by atomic mass is 31.2. The number of hydrogen-bond donors (Lipinski definition) is 1. The van der Waals surface area contributed by atoms with Gasteiger partial charge in [0.25, 0.3) is 0 Å². The average molecular weight is 237 g/mol. The Kier molecular flexibility index (Phi) is 4.81. The Balaban J connectivity index is 4.26. The van der Waals surface area contributed by atoms with Crippen LogP contribution in [0.5, 0.6) is 0 Å². The van der Waals surface area contributed by atoms with Crippen molar-refractivity contribution in [3.05, 3.63) is 0 Å². The highest BCUT2D eigenvalue weighted by Gasteiger charge is 2.27. The van der Waals surface area contributed by atoms with Crippen LogP contribution >= 0.6 is 7.37 Å². The molecule has 0 bridgehead atoms. The van der Waals surface area contributed by atoms with Crippen LogP contribution in [0.4, 0.5) is 4.79 Å². The zero-order chi connectivity index (χ0) is 12.3. The van der Waals surface area contributed by atoms with E-state index in [4.69, 9.17) is 9.26 Å². The molecule has 0 aliphatic heterocycles. The zero-order valence-electron chi connectivity index (χ0n) is 10.2. The number of rotatable bonds is 3. The van der Waals surface area contributed by atoms with Crippen molar-refractivity contribution in [1.29, 1.82) is 0 Å². The quantitative estimate of drug-likeness (QED) is 0.765. The minimum absolute atomic E-state index is 0.558. The van der Waals surface area contributed by atoms with Gasteiger partial charge in [-0.2, -0.15) is 0 Å². The molecule has 15 heavy (non-hydrogen) atoms. The summed E-state index contributed by atoms with van der Waals surface area (Å²) in [6.07, 6.45) is -0.589. The number of carbonyl (C=O) groups is 1. The van der Waals surface area contributed by atoms with Gasteiger partial charge in [-0.15, -0.1) is 0 Å². The molecule has 0 aromatic carbocycles. The van der Waals surface area contributed by atoms with Crippen LogP contribution in [0.1, 0.15) is 27.7 Å². The third-order valence-electron chi connectivity index (χ3n) is 1.79. The van der Waals surface area contributed by atoms with Gasteiger partial charge in [0.2, 0.25) is 7.37 Å². The van der Waals surface area contributed by atoms with Gasteiger partial charge in [0.05, 0.1) is 0 Å². The van der Waals surface area contributed by atoms with E-state index >= 15 is 0 Å². The molecular weight excluding hydrogens is 217 g/mol. The van der Waals surface area contributed by atoms with E-state index in [2.05, 4.69) is 5.32 Å². The SMILES string of the molecule is COP(C)(=O)C(C)NC(=O)OC(C)(C)C. The smallest absolute Gasteiger partial charge is 0.408 e. The standard InChI is InChI=1S/C9H20NO4P/c1-7(15(6,12)13-5)10-8(11)14-9(2,3)4/h7H,1-6H3,(H,10,11). The van der Waals surface area contributed by atoms with Crippen LogP contribution in [0.15, 0.2) is 0 Å². The molecule has 0 aromatic heterocycles. The first kappa shape index (κ1) is 14.5. The van der Waals surface area contributed by atoms with Crippen molar-refractivity contribution in [1.82, 2.24) is 5.32 Å². The van der Waals surface area contributed by atoms with Gasteiger partial charge >= 0.3 is 6.09 Å². The number of nitrogens with one attached hydrogen (secondary N) is 1. The molecule has 0 aliphatic carbocycles. The third-order valence-corrected chi connectivity index (χ3v) is 4.05. The van der Waals surface area contributed by atoms with Crippen LogP contribution in [-0.2, 0) is 13.8 Å². The fourth-order valence-corrected chi connectivity index (χ4v) is 1.41. The van der Waals surface area contributed by atoms with Gasteiger partial charge in [-0.05, 0) is 27.7 Å². The second-order valence-electron chi connectivity index (χ2n) is 4.41. The van der Waals surface area contributed by atoms with Crippen molar-refractivity contribution in [2.24, 2.45) is 0 Å². The highest BCUT2D eigenvalue weighted by Crippen LogP contribution is 2.45. The van der Waals surface area contributed by atoms with Gasteiger partial charge in [-0.25, -0.2) is 4.79 Å². The maximum absolute atomic E-state index is 11.7. The summed E-state index contributed by atoms with van der Waals surface area (Å²) in [4.78, 5) is 11.3. The number of amides is 1. The number of carbonyl (C=O) groups excluding carboxylic acids is 1. The molecule has 0 fully saturated rings. The minimum Gasteiger partial charge on any atom is -0.444 e. The summed E-state index contributed by atoms with van der Waals surface area (Å²) in [6.45, 7) is 8.38. The van der Waals surface area contributed by atoms with Crippen LogP contribution < -0.4 is 5.32 Å². The largest absolute Gasteiger partial charge is 0.444 e. The summed E-state index contributed by atoms with van der Waals surface area (Å²) in [5.74, 6) is -0.558. The van der Waals surface area contributed by atoms with Crippen LogP contribution in [0, 0.1) is 0 Å². The van der Waals surface area contributed by atoms with E-state index in [1.807, 2.05) is 0 Å². The van der Waals surface area contributed by atoms with E-state index in [9.17, 15) is 9.36 Å². The maximum Gasteiger partial charge on any atom is 0.408 e. The lowest BCUT2D eigenvalue weighted by Gasteiger charge is -2.24. The van der Waals surface area contributed by atoms with Crippen molar-refractivity contribution < 1.29 is 18.6 Å². The zero-order valence-corrected chi connectivity index (χ0v) is 11.1. The average Bonchev–Trinajstić information content (AvgIpc) is 2.00. The second-order valence-corrected chi connectivity index (χ2v) is 7.37. The molecule has 0 rings (SSSR count). The van der Waals surface area contributed by atoms with Gasteiger partial charge in [0, 0.05) is 13.8 Å². The first-order valence-electron chi connectivity index (χ1n) is 4.71. The van der Waals surface area contributed by atoms with Crippen LogP contribution in [-0.4, -0.2) is 31.3 Å². The van der Waals surface area contributed by atoms with E-state index in [0.717, 1.165) is 0 Å². The summed E-state index contributed by atoms with van der Waals surface area (Å²) < 4.78 is 21.5. The summed E-state index contributed by atoms with van der Waals surface area (Å²) in [7, 11) is -1.44. The van der Waals surface area contributed by atoms with Crippen LogP contribution in [0.2, 0.25) is 0 Å². The first-order valence-corrected chi connectivity index (χ1v) is 6.85. The lowest BCUT2D eigenvalue weighted by molar-refractivity contribution is 0.0520. The van der Waals surface area contributed by atoms with Crippen molar-refractivity contribution in [2.45, 2.75) is 39.1 Å². The molecule has 0 heterocycles. The van der Waals surface area contributed by atoms with E-state index in [-0.39, 0.29) is 0 Å². The molecule has 2 atom stereocenters. The molecule has 0 aromatic rings. The number of alkyl carbamates (subject to hydrolysis) is 1. The minimum atomic E-state index is -2.80. The highest BCUT2D eigenvalue weighted by molar-refractivity contribution is 7.58. The molecule has 0 saturated heterocycles. The molecule has 2 unspecified atom stereocenters. The first-order chi connectivity index (χ1) is 6.58. The maximum atomic E-state index is 11.7. The Morgan fingerprint density at radius 3 is 2.20 bits per heavy atom. The molecule has 0 saturated carbocycles. The molecule has 5 nitrogen and oxygen atoms in total. The number of hydrogen-bond acceptors (Lipinski definition) is 4. The second kappa shape index (κ2) is 4.99. The Morgan fingerprint density at radius 2 is 1.87 bits per heavy atom. The van der Waals surface area contributed by atoms with Gasteiger partial charge in [-0.3, -0.25) is 4.57 Å². The van der Waals surface area contributed by atoms with Gasteiger partial charge < -0.3 is 14.6 Å². The van der Waals surface area contributed by atoms with Crippen molar-refractivity contribution in [3.8, 4) is 0 Å². The van der Waals surface area contributed by atoms with E-state index < -0.39 is 24.8 Å². The summed E-state index contributed by atoms with van der Waals surface area (Å²) >= 11 is 0. The Hall–Kier alpha value is -0.540. The van der Waals surface area contributed by atoms with Crippen molar-refractivity contribution in [2.75, 3.05) is 13.8 Å². The van der Waals surface area contributed by atoms with Gasteiger partial charge in [0.15, 0.2) is 0 Å². The van der Waals surface area contributed by atoms with Gasteiger partial charge in [0.1, 0.15) is 11.4 Å². The molecule has 90 valence electrons. The lowest BCUT2D eigenvalue weighted by Crippen LogP contribution is -2.37. The molecule has 1 amide bonds. The van der Waals surface area contributed by atoms with E-state index in [1.165, 1.54) is 13.8 Å². The molecule has 0 spiro atoms. The molecular formula is C9H20NO4P. The number of ether oxygens (including phenoxy) is 1. The monoisotopic (exact) mass is 237 g/mol.